The number of aliphatic hydroxyl groups excluding tert-OH is 1. The highest BCUT2D eigenvalue weighted by molar-refractivity contribution is 4.81. The largest absolute Gasteiger partial charge is 0.391 e. The first-order valence-electron chi connectivity index (χ1n) is 3.93. The third-order valence-corrected chi connectivity index (χ3v) is 1.66. The van der Waals surface area contributed by atoms with Crippen LogP contribution in [0.25, 0.3) is 0 Å². The minimum atomic E-state index is -0.466. The van der Waals surface area contributed by atoms with Crippen LogP contribution in [0.2, 0.25) is 0 Å². The number of rotatable bonds is 3. The molecule has 0 aliphatic rings. The van der Waals surface area contributed by atoms with Crippen LogP contribution < -0.4 is 5.69 Å². The van der Waals surface area contributed by atoms with Gasteiger partial charge in [-0.15, -0.1) is 0 Å². The van der Waals surface area contributed by atoms with Gasteiger partial charge in [0, 0.05) is 12.4 Å². The minimum absolute atomic E-state index is 0.315. The first kappa shape index (κ1) is 8.93. The van der Waals surface area contributed by atoms with Crippen molar-refractivity contribution in [2.24, 2.45) is 0 Å². The number of hydrogen-bond donors (Lipinski definition) is 1. The van der Waals surface area contributed by atoms with Crippen molar-refractivity contribution in [3.63, 3.8) is 0 Å². The van der Waals surface area contributed by atoms with Gasteiger partial charge in [-0.05, 0) is 12.5 Å². The lowest BCUT2D eigenvalue weighted by atomic mass is 10.3. The molecule has 66 valence electrons. The van der Waals surface area contributed by atoms with Crippen molar-refractivity contribution in [2.75, 3.05) is 0 Å². The molecule has 1 aromatic heterocycles. The van der Waals surface area contributed by atoms with E-state index >= 15 is 0 Å². The van der Waals surface area contributed by atoms with Gasteiger partial charge in [0.1, 0.15) is 0 Å². The zero-order valence-corrected chi connectivity index (χ0v) is 6.97. The zero-order valence-electron chi connectivity index (χ0n) is 6.97. The van der Waals surface area contributed by atoms with Crippen LogP contribution in [0.15, 0.2) is 23.3 Å². The van der Waals surface area contributed by atoms with Crippen molar-refractivity contribution in [3.8, 4) is 0 Å². The molecule has 1 atom stereocenters. The summed E-state index contributed by atoms with van der Waals surface area (Å²) in [7, 11) is 0. The van der Waals surface area contributed by atoms with Crippen molar-refractivity contribution in [1.29, 1.82) is 0 Å². The normalized spacial score (nSPS) is 12.8. The summed E-state index contributed by atoms with van der Waals surface area (Å²) in [5.41, 5.74) is -0.315. The molecule has 1 N–H and O–H groups in total. The Balaban J connectivity index is 2.76. The Labute approximate surface area is 70.5 Å². The van der Waals surface area contributed by atoms with Crippen molar-refractivity contribution >= 4 is 0 Å². The van der Waals surface area contributed by atoms with Crippen LogP contribution in [0.1, 0.15) is 13.3 Å². The first-order chi connectivity index (χ1) is 5.74. The van der Waals surface area contributed by atoms with E-state index in [0.29, 0.717) is 13.0 Å². The molecular formula is C8H12N2O2. The predicted molar refractivity (Wildman–Crippen MR) is 44.8 cm³/mol. The fourth-order valence-electron chi connectivity index (χ4n) is 0.882. The maximum atomic E-state index is 11.0. The molecule has 0 spiro atoms. The summed E-state index contributed by atoms with van der Waals surface area (Å²) < 4.78 is 1.40. The van der Waals surface area contributed by atoms with Gasteiger partial charge in [0.05, 0.1) is 12.6 Å². The van der Waals surface area contributed by atoms with E-state index in [-0.39, 0.29) is 5.69 Å². The SMILES string of the molecule is CCC(O)Cn1cccnc1=O. The van der Waals surface area contributed by atoms with E-state index in [1.165, 1.54) is 10.8 Å². The second-order valence-corrected chi connectivity index (χ2v) is 2.62. The number of aliphatic hydroxyl groups is 1. The highest BCUT2D eigenvalue weighted by atomic mass is 16.3. The third-order valence-electron chi connectivity index (χ3n) is 1.66. The zero-order chi connectivity index (χ0) is 8.97. The van der Waals surface area contributed by atoms with Gasteiger partial charge in [-0.25, -0.2) is 9.78 Å². The summed E-state index contributed by atoms with van der Waals surface area (Å²) in [5.74, 6) is 0. The molecular weight excluding hydrogens is 156 g/mol. The van der Waals surface area contributed by atoms with Crippen molar-refractivity contribution in [2.45, 2.75) is 26.0 Å². The molecule has 12 heavy (non-hydrogen) atoms. The van der Waals surface area contributed by atoms with E-state index in [0.717, 1.165) is 0 Å². The smallest absolute Gasteiger partial charge is 0.347 e. The monoisotopic (exact) mass is 168 g/mol. The molecule has 0 aliphatic carbocycles. The molecule has 0 aromatic carbocycles. The first-order valence-corrected chi connectivity index (χ1v) is 3.93. The fraction of sp³-hybridized carbons (Fsp3) is 0.500. The average molecular weight is 168 g/mol. The molecule has 0 radical (unpaired) electrons. The third kappa shape index (κ3) is 2.17. The average Bonchev–Trinajstić information content (AvgIpc) is 2.09. The number of hydrogen-bond acceptors (Lipinski definition) is 3. The Kier molecular flexibility index (Phi) is 2.99. The molecule has 4 nitrogen and oxygen atoms in total. The molecule has 0 amide bonds. The van der Waals surface area contributed by atoms with E-state index in [1.807, 2.05) is 6.92 Å². The lowest BCUT2D eigenvalue weighted by Gasteiger charge is -2.08. The van der Waals surface area contributed by atoms with Crippen LogP contribution in [-0.2, 0) is 6.54 Å². The van der Waals surface area contributed by atoms with Crippen LogP contribution in [0.5, 0.6) is 0 Å². The fourth-order valence-corrected chi connectivity index (χ4v) is 0.882. The van der Waals surface area contributed by atoms with Crippen molar-refractivity contribution in [3.05, 3.63) is 28.9 Å². The van der Waals surface area contributed by atoms with E-state index in [1.54, 1.807) is 12.3 Å². The number of nitrogens with zero attached hydrogens (tertiary/aromatic N) is 2. The quantitative estimate of drug-likeness (QED) is 0.692. The van der Waals surface area contributed by atoms with Gasteiger partial charge in [-0.1, -0.05) is 6.92 Å². The molecule has 0 bridgehead atoms. The Bertz CT molecular complexity index is 295. The second kappa shape index (κ2) is 4.01. The van der Waals surface area contributed by atoms with Crippen LogP contribution in [0, 0.1) is 0 Å². The molecule has 1 rings (SSSR count). The molecule has 1 unspecified atom stereocenters. The van der Waals surface area contributed by atoms with E-state index in [4.69, 9.17) is 0 Å². The lowest BCUT2D eigenvalue weighted by molar-refractivity contribution is 0.148. The maximum absolute atomic E-state index is 11.0. The van der Waals surface area contributed by atoms with Crippen molar-refractivity contribution < 1.29 is 5.11 Å². The Morgan fingerprint density at radius 1 is 1.75 bits per heavy atom. The summed E-state index contributed by atoms with van der Waals surface area (Å²) in [6.07, 6.45) is 3.24. The molecule has 0 aliphatic heterocycles. The van der Waals surface area contributed by atoms with Crippen LogP contribution in [-0.4, -0.2) is 20.8 Å². The molecule has 0 fully saturated rings. The Hall–Kier alpha value is -1.16. The Morgan fingerprint density at radius 3 is 3.08 bits per heavy atom. The Morgan fingerprint density at radius 2 is 2.50 bits per heavy atom. The minimum Gasteiger partial charge on any atom is -0.391 e. The summed E-state index contributed by atoms with van der Waals surface area (Å²) in [6, 6.07) is 1.67. The van der Waals surface area contributed by atoms with Gasteiger partial charge in [-0.2, -0.15) is 0 Å². The highest BCUT2D eigenvalue weighted by Crippen LogP contribution is 1.92. The molecule has 0 saturated carbocycles. The molecule has 0 saturated heterocycles. The van der Waals surface area contributed by atoms with Gasteiger partial charge < -0.3 is 5.11 Å². The van der Waals surface area contributed by atoms with Gasteiger partial charge in [-0.3, -0.25) is 4.57 Å². The van der Waals surface area contributed by atoms with E-state index in [9.17, 15) is 9.90 Å². The topological polar surface area (TPSA) is 55.1 Å². The lowest BCUT2D eigenvalue weighted by Crippen LogP contribution is -2.27. The van der Waals surface area contributed by atoms with Crippen LogP contribution in [0.4, 0.5) is 0 Å². The van der Waals surface area contributed by atoms with Crippen molar-refractivity contribution in [1.82, 2.24) is 9.55 Å². The maximum Gasteiger partial charge on any atom is 0.347 e. The summed E-state index contributed by atoms with van der Waals surface area (Å²) in [5, 5.41) is 9.25. The number of aromatic nitrogens is 2. The molecule has 4 heteroatoms. The predicted octanol–water partition coefficient (Wildman–Crippen LogP) is 0.0142. The summed E-state index contributed by atoms with van der Waals surface area (Å²) in [4.78, 5) is 14.6. The van der Waals surface area contributed by atoms with Gasteiger partial charge in [0.2, 0.25) is 0 Å². The van der Waals surface area contributed by atoms with Gasteiger partial charge >= 0.3 is 5.69 Å². The summed E-state index contributed by atoms with van der Waals surface area (Å²) >= 11 is 0. The highest BCUT2D eigenvalue weighted by Gasteiger charge is 2.02. The van der Waals surface area contributed by atoms with Crippen LogP contribution in [0.3, 0.4) is 0 Å². The second-order valence-electron chi connectivity index (χ2n) is 2.62. The van der Waals surface area contributed by atoms with E-state index in [2.05, 4.69) is 4.98 Å². The van der Waals surface area contributed by atoms with Gasteiger partial charge in [0.25, 0.3) is 0 Å². The molecule has 1 aromatic rings. The van der Waals surface area contributed by atoms with E-state index < -0.39 is 6.10 Å². The van der Waals surface area contributed by atoms with Crippen LogP contribution >= 0.6 is 0 Å². The molecule has 1 heterocycles. The standard InChI is InChI=1S/C8H12N2O2/c1-2-7(11)6-10-5-3-4-9-8(10)12/h3-5,7,11H,2,6H2,1H3. The van der Waals surface area contributed by atoms with Gasteiger partial charge in [0.15, 0.2) is 0 Å². The summed E-state index contributed by atoms with van der Waals surface area (Å²) in [6.45, 7) is 2.19.